The molecule has 0 aliphatic carbocycles. The van der Waals surface area contributed by atoms with E-state index in [1.165, 1.54) is 14.0 Å². The molecule has 0 spiro atoms. The van der Waals surface area contributed by atoms with Crippen molar-refractivity contribution in [3.8, 4) is 0 Å². The number of likely N-dealkylation sites (N-methyl/N-ethyl adjacent to an activating group) is 1. The SMILES string of the molecule is CNC(C)(CCCCOC(C(F)(F)F)C(F)(F)F)C(N)=O. The molecule has 0 fully saturated rings. The smallest absolute Gasteiger partial charge is 0.368 e. The zero-order valence-corrected chi connectivity index (χ0v) is 11.6. The largest absolute Gasteiger partial charge is 0.423 e. The second-order valence-corrected chi connectivity index (χ2v) is 4.74. The highest BCUT2D eigenvalue weighted by atomic mass is 19.4. The molecule has 126 valence electrons. The molecule has 0 aromatic heterocycles. The number of alkyl halides is 6. The summed E-state index contributed by atoms with van der Waals surface area (Å²) in [7, 11) is 1.48. The second kappa shape index (κ2) is 7.30. The third-order valence-electron chi connectivity index (χ3n) is 3.05. The molecule has 1 unspecified atom stereocenters. The highest BCUT2D eigenvalue weighted by Gasteiger charge is 2.57. The van der Waals surface area contributed by atoms with Gasteiger partial charge in [0.15, 0.2) is 0 Å². The van der Waals surface area contributed by atoms with Gasteiger partial charge in [0.1, 0.15) is 0 Å². The molecular formula is C11H18F6N2O2. The number of amides is 1. The Morgan fingerprint density at radius 3 is 1.95 bits per heavy atom. The number of nitrogens with one attached hydrogen (secondary N) is 1. The fourth-order valence-corrected chi connectivity index (χ4v) is 1.53. The maximum Gasteiger partial charge on any atom is 0.423 e. The normalized spacial score (nSPS) is 16.0. The van der Waals surface area contributed by atoms with Gasteiger partial charge in [-0.3, -0.25) is 4.79 Å². The van der Waals surface area contributed by atoms with Crippen molar-refractivity contribution in [1.82, 2.24) is 5.32 Å². The van der Waals surface area contributed by atoms with Gasteiger partial charge in [-0.25, -0.2) is 0 Å². The Hall–Kier alpha value is -1.03. The van der Waals surface area contributed by atoms with Crippen LogP contribution in [-0.2, 0) is 9.53 Å². The quantitative estimate of drug-likeness (QED) is 0.531. The lowest BCUT2D eigenvalue weighted by Crippen LogP contribution is -2.51. The molecule has 0 rings (SSSR count). The van der Waals surface area contributed by atoms with Gasteiger partial charge in [0.25, 0.3) is 0 Å². The predicted octanol–water partition coefficient (Wildman–Crippen LogP) is 2.13. The van der Waals surface area contributed by atoms with Gasteiger partial charge in [0.05, 0.1) is 5.54 Å². The molecule has 0 heterocycles. The molecule has 0 aromatic carbocycles. The summed E-state index contributed by atoms with van der Waals surface area (Å²) in [5.41, 5.74) is 4.07. The van der Waals surface area contributed by atoms with Crippen LogP contribution in [-0.4, -0.2) is 43.6 Å². The van der Waals surface area contributed by atoms with Crippen LogP contribution in [0, 0.1) is 0 Å². The molecule has 0 aliphatic heterocycles. The zero-order valence-electron chi connectivity index (χ0n) is 11.6. The lowest BCUT2D eigenvalue weighted by atomic mass is 9.94. The van der Waals surface area contributed by atoms with Crippen LogP contribution in [0.15, 0.2) is 0 Å². The number of unbranched alkanes of at least 4 members (excludes halogenated alkanes) is 1. The van der Waals surface area contributed by atoms with Gasteiger partial charge in [-0.1, -0.05) is 0 Å². The zero-order chi connectivity index (χ0) is 16.9. The summed E-state index contributed by atoms with van der Waals surface area (Å²) >= 11 is 0. The summed E-state index contributed by atoms with van der Waals surface area (Å²) in [6, 6.07) is 0. The van der Waals surface area contributed by atoms with Crippen molar-refractivity contribution in [2.45, 2.75) is 50.2 Å². The third-order valence-corrected chi connectivity index (χ3v) is 3.05. The van der Waals surface area contributed by atoms with E-state index >= 15 is 0 Å². The van der Waals surface area contributed by atoms with Crippen molar-refractivity contribution in [2.75, 3.05) is 13.7 Å². The maximum atomic E-state index is 12.2. The topological polar surface area (TPSA) is 64.3 Å². The van der Waals surface area contributed by atoms with Crippen LogP contribution >= 0.6 is 0 Å². The van der Waals surface area contributed by atoms with E-state index in [-0.39, 0.29) is 19.3 Å². The van der Waals surface area contributed by atoms with Crippen molar-refractivity contribution in [3.05, 3.63) is 0 Å². The van der Waals surface area contributed by atoms with Crippen LogP contribution in [0.1, 0.15) is 26.2 Å². The molecule has 0 saturated heterocycles. The Balaban J connectivity index is 4.28. The van der Waals surface area contributed by atoms with Crippen LogP contribution in [0.25, 0.3) is 0 Å². The Morgan fingerprint density at radius 1 is 1.14 bits per heavy atom. The Labute approximate surface area is 118 Å². The van der Waals surface area contributed by atoms with Crippen LogP contribution in [0.5, 0.6) is 0 Å². The molecule has 10 heteroatoms. The maximum absolute atomic E-state index is 12.2. The third kappa shape index (κ3) is 6.51. The van der Waals surface area contributed by atoms with E-state index in [0.29, 0.717) is 0 Å². The average Bonchev–Trinajstić information content (AvgIpc) is 2.29. The minimum Gasteiger partial charge on any atom is -0.368 e. The van der Waals surface area contributed by atoms with E-state index in [0.717, 1.165) is 0 Å². The molecule has 0 radical (unpaired) electrons. The summed E-state index contributed by atoms with van der Waals surface area (Å²) in [5, 5.41) is 2.65. The van der Waals surface area contributed by atoms with Gasteiger partial charge in [-0.15, -0.1) is 0 Å². The number of carbonyl (C=O) groups is 1. The van der Waals surface area contributed by atoms with Gasteiger partial charge in [-0.05, 0) is 33.2 Å². The second-order valence-electron chi connectivity index (χ2n) is 4.74. The molecule has 21 heavy (non-hydrogen) atoms. The first-order valence-electron chi connectivity index (χ1n) is 6.08. The standard InChI is InChI=1S/C11H18F6N2O2/c1-9(19-2,8(18)20)5-3-4-6-21-7(10(12,13)14)11(15,16)17/h7,19H,3-6H2,1-2H3,(H2,18,20). The van der Waals surface area contributed by atoms with Crippen molar-refractivity contribution in [3.63, 3.8) is 0 Å². The van der Waals surface area contributed by atoms with E-state index in [2.05, 4.69) is 10.1 Å². The van der Waals surface area contributed by atoms with E-state index in [9.17, 15) is 31.1 Å². The number of nitrogens with two attached hydrogens (primary N) is 1. The molecule has 0 aliphatic rings. The highest BCUT2D eigenvalue weighted by Crippen LogP contribution is 2.35. The molecule has 3 N–H and O–H groups in total. The fraction of sp³-hybridized carbons (Fsp3) is 0.909. The predicted molar refractivity (Wildman–Crippen MR) is 62.4 cm³/mol. The van der Waals surface area contributed by atoms with Crippen LogP contribution in [0.3, 0.4) is 0 Å². The van der Waals surface area contributed by atoms with Crippen molar-refractivity contribution >= 4 is 5.91 Å². The first-order chi connectivity index (χ1) is 9.34. The number of hydrogen-bond donors (Lipinski definition) is 2. The van der Waals surface area contributed by atoms with Gasteiger partial charge >= 0.3 is 12.4 Å². The van der Waals surface area contributed by atoms with Gasteiger partial charge in [-0.2, -0.15) is 26.3 Å². The first kappa shape index (κ1) is 20.0. The van der Waals surface area contributed by atoms with Crippen LogP contribution in [0.2, 0.25) is 0 Å². The molecular weight excluding hydrogens is 306 g/mol. The summed E-state index contributed by atoms with van der Waals surface area (Å²) in [6.07, 6.45) is -14.5. The number of halogens is 6. The number of primary amides is 1. The van der Waals surface area contributed by atoms with E-state index < -0.39 is 36.5 Å². The summed E-state index contributed by atoms with van der Waals surface area (Å²) in [5.74, 6) is -0.658. The van der Waals surface area contributed by atoms with Crippen LogP contribution in [0.4, 0.5) is 26.3 Å². The molecule has 4 nitrogen and oxygen atoms in total. The van der Waals surface area contributed by atoms with E-state index in [1.54, 1.807) is 0 Å². The fourth-order valence-electron chi connectivity index (χ4n) is 1.53. The Morgan fingerprint density at radius 2 is 1.62 bits per heavy atom. The van der Waals surface area contributed by atoms with Crippen molar-refractivity contribution < 1.29 is 35.9 Å². The van der Waals surface area contributed by atoms with Crippen molar-refractivity contribution in [1.29, 1.82) is 0 Å². The van der Waals surface area contributed by atoms with Crippen molar-refractivity contribution in [2.24, 2.45) is 5.73 Å². The van der Waals surface area contributed by atoms with E-state index in [4.69, 9.17) is 5.73 Å². The molecule has 1 amide bonds. The van der Waals surface area contributed by atoms with Gasteiger partial charge in [0.2, 0.25) is 12.0 Å². The summed E-state index contributed by atoms with van der Waals surface area (Å²) in [6.45, 7) is 0.771. The molecule has 0 saturated carbocycles. The number of rotatable bonds is 8. The molecule has 0 aromatic rings. The molecule has 0 bridgehead atoms. The summed E-state index contributed by atoms with van der Waals surface area (Å²) in [4.78, 5) is 11.1. The lowest BCUT2D eigenvalue weighted by Gasteiger charge is -2.26. The highest BCUT2D eigenvalue weighted by molar-refractivity contribution is 5.84. The lowest BCUT2D eigenvalue weighted by molar-refractivity contribution is -0.321. The van der Waals surface area contributed by atoms with Gasteiger partial charge < -0.3 is 15.8 Å². The monoisotopic (exact) mass is 324 g/mol. The first-order valence-corrected chi connectivity index (χ1v) is 6.08. The average molecular weight is 324 g/mol. The number of hydrogen-bond acceptors (Lipinski definition) is 3. The van der Waals surface area contributed by atoms with E-state index in [1.807, 2.05) is 0 Å². The Bertz CT molecular complexity index is 331. The van der Waals surface area contributed by atoms with Crippen LogP contribution < -0.4 is 11.1 Å². The summed E-state index contributed by atoms with van der Waals surface area (Å²) < 4.78 is 76.8. The minimum absolute atomic E-state index is 0.0623. The number of ether oxygens (including phenoxy) is 1. The van der Waals surface area contributed by atoms with Gasteiger partial charge in [0, 0.05) is 6.61 Å². The molecule has 1 atom stereocenters. The minimum atomic E-state index is -5.51. The Kier molecular flexibility index (Phi) is 6.94. The number of carbonyl (C=O) groups excluding carboxylic acids is 1.